The van der Waals surface area contributed by atoms with Crippen molar-refractivity contribution in [1.29, 1.82) is 0 Å². The molecule has 0 radical (unpaired) electrons. The minimum Gasteiger partial charge on any atom is -0.481 e. The number of amidine groups is 2. The largest absolute Gasteiger partial charge is 0.513 e. The molecule has 27 nitrogen and oxygen atoms in total. The van der Waals surface area contributed by atoms with Gasteiger partial charge in [-0.1, -0.05) is 56.0 Å². The second-order valence-electron chi connectivity index (χ2n) is 23.2. The van der Waals surface area contributed by atoms with Crippen LogP contribution in [0.2, 0.25) is 0 Å². The SMILES string of the molecule is C.COc1cccc(-c2cc(F)ccc2[C@H]2Cc3nc(N)nc(C)c3C(NOC[C@@H](O)CN)=N2)n1.COc1cccc(-c2cc(F)ccc2[C@H]2Cc3nc(N)nc(C)c3C(NOC[C@@H](O)CNC(=O)OC(C)(C)C)=N2)n1.COc1cccc(B2OCCN(c3ccccc3)CCO2)n1.I. The topological polar surface area (TPSA) is 364 Å². The predicted octanol–water partition coefficient (Wildman–Crippen LogP) is 7.08. The highest BCUT2D eigenvalue weighted by molar-refractivity contribution is 14.0. The number of anilines is 3. The number of carbonyl (C=O) groups is 1. The molecule has 0 bridgehead atoms. The van der Waals surface area contributed by atoms with E-state index in [-0.39, 0.29) is 69.6 Å². The number of nitrogen functional groups attached to an aromatic ring is 2. The van der Waals surface area contributed by atoms with Crippen LogP contribution in [0.25, 0.3) is 22.5 Å². The van der Waals surface area contributed by atoms with Gasteiger partial charge < -0.3 is 65.9 Å². The fourth-order valence-electron chi connectivity index (χ4n) is 10.6. The van der Waals surface area contributed by atoms with Gasteiger partial charge in [0.2, 0.25) is 29.5 Å². The van der Waals surface area contributed by atoms with Gasteiger partial charge in [0, 0.05) is 87.2 Å². The number of benzene rings is 3. The molecule has 0 saturated carbocycles. The van der Waals surface area contributed by atoms with Gasteiger partial charge in [0.25, 0.3) is 0 Å². The molecule has 1 amide bonds. The van der Waals surface area contributed by atoms with Gasteiger partial charge in [-0.15, -0.1) is 24.0 Å². The lowest BCUT2D eigenvalue weighted by Gasteiger charge is -2.28. The Bertz CT molecular complexity index is 4050. The summed E-state index contributed by atoms with van der Waals surface area (Å²) in [6.45, 7) is 11.4. The van der Waals surface area contributed by atoms with Crippen LogP contribution in [0.3, 0.4) is 0 Å². The Kier molecular flexibility index (Phi) is 28.4. The van der Waals surface area contributed by atoms with E-state index in [1.54, 1.807) is 90.3 Å². The van der Waals surface area contributed by atoms with Crippen molar-refractivity contribution in [3.05, 3.63) is 178 Å². The van der Waals surface area contributed by atoms with Gasteiger partial charge in [0.05, 0.1) is 96.5 Å². The van der Waals surface area contributed by atoms with Crippen LogP contribution in [-0.4, -0.2) is 162 Å². The van der Waals surface area contributed by atoms with Crippen molar-refractivity contribution < 1.29 is 61.7 Å². The second kappa shape index (κ2) is 36.5. The Balaban J connectivity index is 0.000000215. The number of aliphatic imine (C=N–C) groups is 2. The standard InChI is InChI=1S/C28H34FN7O5.C23H26FN7O3.C16H19BN2O3.CH4.HI/c1-15-24-22(35-26(30)32-15)12-21(18-10-9-16(29)11-19(18)20-7-6-8-23(33-20)39-5)34-25(24)36-40-14-17(37)13-31-27(38)41-28(2,3)4;1-12-21-19(30-23(26)27-12)9-18(29-22(21)31-34-11-14(32)10-25)15-7-6-13(24)8-16(15)17-4-3-5-20(28-17)33-2;1-20-16-9-5-8-15(18-16)17-21-12-10-19(11-13-22-17)14-6-3-2-4-7-14;;/h6-11,17,21,37H,12-14H2,1-5H3,(H,31,38)(H,34,36)(H2,30,32,35);3-8,14,18,32H,9-11,25H2,1-2H3,(H,29,31)(H2,26,27,30);2-9H,10-13H2,1H3;1H4;1H/t17-,21+;14-,18+;;;/m00.../s1. The molecule has 31 heteroatoms. The Morgan fingerprint density at radius 2 is 1.11 bits per heavy atom. The fraction of sp³-hybridized carbons (Fsp3) is 0.353. The van der Waals surface area contributed by atoms with Gasteiger partial charge in [-0.25, -0.2) is 59.4 Å². The van der Waals surface area contributed by atoms with Gasteiger partial charge in [-0.05, 0) is 100 Å². The van der Waals surface area contributed by atoms with E-state index < -0.39 is 54.7 Å². The highest BCUT2D eigenvalue weighted by Gasteiger charge is 2.32. The Hall–Kier alpha value is -9.35. The minimum atomic E-state index is -1.04. The number of nitrogens with two attached hydrogens (primary N) is 3. The van der Waals surface area contributed by atoms with Gasteiger partial charge in [-0.2, -0.15) is 0 Å². The van der Waals surface area contributed by atoms with Crippen molar-refractivity contribution in [2.45, 2.75) is 84.8 Å². The van der Waals surface area contributed by atoms with Crippen molar-refractivity contribution in [2.75, 3.05) is 90.3 Å². The van der Waals surface area contributed by atoms with Crippen LogP contribution >= 0.6 is 24.0 Å². The second-order valence-corrected chi connectivity index (χ2v) is 23.2. The number of ether oxygens (including phenoxy) is 4. The maximum Gasteiger partial charge on any atom is 0.513 e. The summed E-state index contributed by atoms with van der Waals surface area (Å²) in [4.78, 5) is 65.5. The summed E-state index contributed by atoms with van der Waals surface area (Å²) < 4.78 is 61.2. The highest BCUT2D eigenvalue weighted by atomic mass is 127. The molecule has 3 aliphatic rings. The zero-order valence-electron chi connectivity index (χ0n) is 55.4. The first-order chi connectivity index (χ1) is 46.7. The number of alkyl carbamates (subject to hydrolysis) is 1. The minimum absolute atomic E-state index is 0. The van der Waals surface area contributed by atoms with E-state index in [9.17, 15) is 23.8 Å². The first-order valence-corrected chi connectivity index (χ1v) is 31.1. The first-order valence-electron chi connectivity index (χ1n) is 31.1. The molecule has 11 N–H and O–H groups in total. The number of hydroxylamine groups is 2. The number of fused-ring (bicyclic) bond motifs is 2. The molecule has 5 aromatic heterocycles. The third-order valence-corrected chi connectivity index (χ3v) is 15.0. The smallest absolute Gasteiger partial charge is 0.481 e. The number of nitrogens with zero attached hydrogens (tertiary/aromatic N) is 10. The summed E-state index contributed by atoms with van der Waals surface area (Å²) in [6.07, 6.45) is -1.76. The Labute approximate surface area is 590 Å². The van der Waals surface area contributed by atoms with Gasteiger partial charge in [0.15, 0.2) is 11.7 Å². The number of nitrogens with one attached hydrogen (secondary N) is 3. The number of rotatable bonds is 18. The number of aliphatic hydroxyl groups excluding tert-OH is 2. The molecule has 526 valence electrons. The summed E-state index contributed by atoms with van der Waals surface area (Å²) in [5, 5.41) is 22.5. The monoisotopic (exact) mass is 1480 g/mol. The van der Waals surface area contributed by atoms with Crippen LogP contribution < -0.4 is 58.2 Å². The summed E-state index contributed by atoms with van der Waals surface area (Å²) >= 11 is 0. The van der Waals surface area contributed by atoms with Gasteiger partial charge in [-0.3, -0.25) is 19.7 Å². The molecule has 0 spiro atoms. The Morgan fingerprint density at radius 3 is 1.58 bits per heavy atom. The van der Waals surface area contributed by atoms with E-state index in [4.69, 9.17) is 65.1 Å². The van der Waals surface area contributed by atoms with E-state index >= 15 is 0 Å². The highest BCUT2D eigenvalue weighted by Crippen LogP contribution is 2.38. The zero-order chi connectivity index (χ0) is 69.2. The first kappa shape index (κ1) is 77.0. The van der Waals surface area contributed by atoms with Crippen molar-refractivity contribution >= 4 is 72.0 Å². The number of aliphatic hydroxyl groups is 2. The van der Waals surface area contributed by atoms with Gasteiger partial charge in [0.1, 0.15) is 30.4 Å². The quantitative estimate of drug-likeness (QED) is 0.0241. The predicted molar refractivity (Wildman–Crippen MR) is 383 cm³/mol. The normalized spacial score (nSPS) is 15.4. The van der Waals surface area contributed by atoms with Crippen molar-refractivity contribution in [1.82, 2.24) is 51.2 Å². The van der Waals surface area contributed by atoms with E-state index in [0.29, 0.717) is 117 Å². The van der Waals surface area contributed by atoms with Crippen molar-refractivity contribution in [3.63, 3.8) is 0 Å². The van der Waals surface area contributed by atoms with Crippen LogP contribution in [0.4, 0.5) is 31.2 Å². The zero-order valence-corrected chi connectivity index (χ0v) is 57.8. The third kappa shape index (κ3) is 21.3. The molecule has 99 heavy (non-hydrogen) atoms. The fourth-order valence-corrected chi connectivity index (χ4v) is 10.6. The van der Waals surface area contributed by atoms with Crippen LogP contribution in [0, 0.1) is 25.5 Å². The average Bonchev–Trinajstić information content (AvgIpc) is 0.774. The molecule has 8 heterocycles. The number of pyridine rings is 3. The number of hydrogen-bond donors (Lipinski definition) is 8. The maximum absolute atomic E-state index is 14.4. The lowest BCUT2D eigenvalue weighted by Crippen LogP contribution is -2.45. The number of aryl methyl sites for hydroxylation is 2. The number of carbonyl (C=O) groups excluding carboxylic acids is 1. The molecule has 3 aliphatic heterocycles. The molecule has 11 rings (SSSR count). The van der Waals surface area contributed by atoms with E-state index in [1.165, 1.54) is 44.2 Å². The van der Waals surface area contributed by atoms with Crippen LogP contribution in [0.1, 0.15) is 85.3 Å². The van der Waals surface area contributed by atoms with E-state index in [2.05, 4.69) is 68.2 Å². The lowest BCUT2D eigenvalue weighted by atomic mass is 9.83. The number of aromatic nitrogens is 7. The molecular weight excluding hydrogens is 1390 g/mol. The number of para-hydroxylation sites is 1. The van der Waals surface area contributed by atoms with Crippen molar-refractivity contribution in [3.8, 4) is 40.2 Å². The molecule has 3 aromatic carbocycles. The average molecular weight is 1480 g/mol. The lowest BCUT2D eigenvalue weighted by molar-refractivity contribution is 0.00477. The van der Waals surface area contributed by atoms with Crippen LogP contribution in [-0.2, 0) is 36.6 Å². The Morgan fingerprint density at radius 1 is 0.646 bits per heavy atom. The summed E-state index contributed by atoms with van der Waals surface area (Å²) in [5.41, 5.74) is 31.6. The summed E-state index contributed by atoms with van der Waals surface area (Å²) in [5.74, 6) is 1.49. The summed E-state index contributed by atoms with van der Waals surface area (Å²) in [7, 11) is 4.19. The molecule has 0 aliphatic carbocycles. The van der Waals surface area contributed by atoms with Crippen LogP contribution in [0.15, 0.2) is 131 Å². The number of amides is 1. The number of methoxy groups -OCH3 is 3. The van der Waals surface area contributed by atoms with Crippen molar-refractivity contribution in [2.24, 2.45) is 15.7 Å². The third-order valence-electron chi connectivity index (χ3n) is 15.0. The number of halogens is 3. The number of hydrogen-bond acceptors (Lipinski definition) is 26. The molecule has 0 unspecified atom stereocenters. The van der Waals surface area contributed by atoms with Crippen LogP contribution in [0.5, 0.6) is 17.6 Å². The van der Waals surface area contributed by atoms with Gasteiger partial charge >= 0.3 is 13.2 Å². The molecule has 1 saturated heterocycles. The molecule has 4 atom stereocenters. The molecular formula is C68H84BF2IN16O11. The molecule has 8 aromatic rings. The maximum atomic E-state index is 14.4. The molecule has 1 fully saturated rings. The summed E-state index contributed by atoms with van der Waals surface area (Å²) in [6, 6.07) is 34.4. The van der Waals surface area contributed by atoms with E-state index in [0.717, 1.165) is 24.2 Å². The van der Waals surface area contributed by atoms with E-state index in [1.807, 2.05) is 36.4 Å².